The maximum Gasteiger partial charge on any atom is 0.426 e. The topological polar surface area (TPSA) is 64.3 Å². The Morgan fingerprint density at radius 1 is 1.36 bits per heavy atom. The van der Waals surface area contributed by atoms with Crippen LogP contribution in [-0.4, -0.2) is 12.1 Å². The van der Waals surface area contributed by atoms with Gasteiger partial charge in [-0.25, -0.2) is 4.79 Å². The molecule has 0 aliphatic heterocycles. The van der Waals surface area contributed by atoms with Gasteiger partial charge in [0.15, 0.2) is 0 Å². The Kier molecular flexibility index (Phi) is 3.16. The highest BCUT2D eigenvalue weighted by atomic mass is 16.7. The summed E-state index contributed by atoms with van der Waals surface area (Å²) in [7, 11) is 0. The number of hydrogen-bond donors (Lipinski definition) is 2. The van der Waals surface area contributed by atoms with Gasteiger partial charge in [-0.2, -0.15) is 5.90 Å². The second kappa shape index (κ2) is 4.18. The SMILES string of the molecule is NOC(=O)NC1CCCCC1. The molecule has 4 nitrogen and oxygen atoms in total. The largest absolute Gasteiger partial charge is 0.426 e. The standard InChI is InChI=1S/C7H14N2O2/c8-11-7(10)9-6-4-2-1-3-5-6/h6H,1-5,8H2,(H,9,10). The van der Waals surface area contributed by atoms with E-state index in [0.717, 1.165) is 12.8 Å². The third-order valence-corrected chi connectivity index (χ3v) is 2.03. The zero-order valence-electron chi connectivity index (χ0n) is 6.51. The van der Waals surface area contributed by atoms with Crippen LogP contribution in [0.2, 0.25) is 0 Å². The summed E-state index contributed by atoms with van der Waals surface area (Å²) in [6.45, 7) is 0. The van der Waals surface area contributed by atoms with Crippen LogP contribution in [0.25, 0.3) is 0 Å². The maximum atomic E-state index is 10.6. The quantitative estimate of drug-likeness (QED) is 0.558. The van der Waals surface area contributed by atoms with Crippen molar-refractivity contribution in [3.63, 3.8) is 0 Å². The molecule has 0 unspecified atom stereocenters. The predicted molar refractivity (Wildman–Crippen MR) is 40.7 cm³/mol. The van der Waals surface area contributed by atoms with Gasteiger partial charge in [0.25, 0.3) is 0 Å². The zero-order chi connectivity index (χ0) is 8.10. The molecule has 1 amide bonds. The van der Waals surface area contributed by atoms with Crippen LogP contribution in [0.1, 0.15) is 32.1 Å². The van der Waals surface area contributed by atoms with Crippen molar-refractivity contribution >= 4 is 6.09 Å². The molecule has 0 aromatic heterocycles. The van der Waals surface area contributed by atoms with Gasteiger partial charge in [0.1, 0.15) is 0 Å². The Labute approximate surface area is 66.0 Å². The number of rotatable bonds is 1. The molecule has 1 aliphatic carbocycles. The fraction of sp³-hybridized carbons (Fsp3) is 0.857. The molecular formula is C7H14N2O2. The van der Waals surface area contributed by atoms with Crippen molar-refractivity contribution in [2.75, 3.05) is 0 Å². The van der Waals surface area contributed by atoms with Crippen molar-refractivity contribution in [1.29, 1.82) is 0 Å². The third kappa shape index (κ3) is 2.76. The summed E-state index contributed by atoms with van der Waals surface area (Å²) in [5.41, 5.74) is 0. The summed E-state index contributed by atoms with van der Waals surface area (Å²) in [5, 5.41) is 2.68. The van der Waals surface area contributed by atoms with Crippen molar-refractivity contribution in [1.82, 2.24) is 5.32 Å². The second-order valence-corrected chi connectivity index (χ2v) is 2.88. The summed E-state index contributed by atoms with van der Waals surface area (Å²) in [6, 6.07) is 0.278. The maximum absolute atomic E-state index is 10.6. The van der Waals surface area contributed by atoms with E-state index in [4.69, 9.17) is 0 Å². The smallest absolute Gasteiger partial charge is 0.357 e. The van der Waals surface area contributed by atoms with E-state index in [2.05, 4.69) is 16.1 Å². The number of nitrogens with one attached hydrogen (secondary N) is 1. The van der Waals surface area contributed by atoms with Crippen molar-refractivity contribution in [3.05, 3.63) is 0 Å². The third-order valence-electron chi connectivity index (χ3n) is 2.03. The van der Waals surface area contributed by atoms with Gasteiger partial charge in [-0.1, -0.05) is 19.3 Å². The molecule has 0 atom stereocenters. The summed E-state index contributed by atoms with van der Waals surface area (Å²) in [6.07, 6.45) is 5.24. The Bertz CT molecular complexity index is 132. The Balaban J connectivity index is 2.19. The second-order valence-electron chi connectivity index (χ2n) is 2.88. The lowest BCUT2D eigenvalue weighted by molar-refractivity contribution is 0.141. The van der Waals surface area contributed by atoms with E-state index in [9.17, 15) is 4.79 Å². The van der Waals surface area contributed by atoms with Crippen LogP contribution in [0, 0.1) is 0 Å². The van der Waals surface area contributed by atoms with Gasteiger partial charge >= 0.3 is 6.09 Å². The van der Waals surface area contributed by atoms with Crippen LogP contribution in [-0.2, 0) is 4.84 Å². The average molecular weight is 158 g/mol. The number of carbonyl (C=O) groups excluding carboxylic acids is 1. The van der Waals surface area contributed by atoms with E-state index < -0.39 is 6.09 Å². The molecule has 0 saturated heterocycles. The van der Waals surface area contributed by atoms with Crippen molar-refractivity contribution in [2.24, 2.45) is 5.90 Å². The molecule has 1 saturated carbocycles. The normalized spacial score (nSPS) is 19.4. The number of amides is 1. The van der Waals surface area contributed by atoms with E-state index >= 15 is 0 Å². The van der Waals surface area contributed by atoms with Crippen LogP contribution >= 0.6 is 0 Å². The van der Waals surface area contributed by atoms with Gasteiger partial charge in [0.05, 0.1) is 0 Å². The molecular weight excluding hydrogens is 144 g/mol. The van der Waals surface area contributed by atoms with Gasteiger partial charge in [0, 0.05) is 6.04 Å². The lowest BCUT2D eigenvalue weighted by Crippen LogP contribution is -2.37. The highest BCUT2D eigenvalue weighted by Crippen LogP contribution is 2.17. The monoisotopic (exact) mass is 158 g/mol. The molecule has 1 fully saturated rings. The molecule has 1 rings (SSSR count). The summed E-state index contributed by atoms with van der Waals surface area (Å²) < 4.78 is 0. The van der Waals surface area contributed by atoms with Crippen molar-refractivity contribution in [3.8, 4) is 0 Å². The molecule has 4 heteroatoms. The average Bonchev–Trinajstić information content (AvgIpc) is 2.06. The molecule has 3 N–H and O–H groups in total. The van der Waals surface area contributed by atoms with Crippen LogP contribution in [0.5, 0.6) is 0 Å². The first-order valence-electron chi connectivity index (χ1n) is 4.00. The van der Waals surface area contributed by atoms with Crippen molar-refractivity contribution in [2.45, 2.75) is 38.1 Å². The molecule has 11 heavy (non-hydrogen) atoms. The molecule has 0 bridgehead atoms. The predicted octanol–water partition coefficient (Wildman–Crippen LogP) is 0.919. The van der Waals surface area contributed by atoms with E-state index in [1.54, 1.807) is 0 Å². The van der Waals surface area contributed by atoms with E-state index in [1.807, 2.05) is 0 Å². The molecule has 0 heterocycles. The van der Waals surface area contributed by atoms with Crippen LogP contribution < -0.4 is 11.2 Å². The first kappa shape index (κ1) is 8.33. The molecule has 64 valence electrons. The Hall–Kier alpha value is -0.770. The summed E-state index contributed by atoms with van der Waals surface area (Å²) in [4.78, 5) is 14.6. The van der Waals surface area contributed by atoms with Gasteiger partial charge in [-0.05, 0) is 12.8 Å². The highest BCUT2D eigenvalue weighted by Gasteiger charge is 2.15. The molecule has 0 spiro atoms. The minimum absolute atomic E-state index is 0.278. The van der Waals surface area contributed by atoms with Gasteiger partial charge < -0.3 is 10.2 Å². The van der Waals surface area contributed by atoms with Gasteiger partial charge in [0.2, 0.25) is 0 Å². The van der Waals surface area contributed by atoms with Crippen LogP contribution in [0.15, 0.2) is 0 Å². The molecule has 0 radical (unpaired) electrons. The zero-order valence-corrected chi connectivity index (χ0v) is 6.51. The Morgan fingerprint density at radius 3 is 2.55 bits per heavy atom. The number of nitrogens with two attached hydrogens (primary N) is 1. The lowest BCUT2D eigenvalue weighted by atomic mass is 9.96. The van der Waals surface area contributed by atoms with Crippen molar-refractivity contribution < 1.29 is 9.63 Å². The molecule has 1 aliphatic rings. The van der Waals surface area contributed by atoms with E-state index in [1.165, 1.54) is 19.3 Å². The first-order valence-corrected chi connectivity index (χ1v) is 4.00. The molecule has 0 aromatic carbocycles. The Morgan fingerprint density at radius 2 is 2.00 bits per heavy atom. The minimum atomic E-state index is -0.517. The molecule has 0 aromatic rings. The van der Waals surface area contributed by atoms with E-state index in [0.29, 0.717) is 0 Å². The van der Waals surface area contributed by atoms with Crippen LogP contribution in [0.4, 0.5) is 4.79 Å². The van der Waals surface area contributed by atoms with E-state index in [-0.39, 0.29) is 6.04 Å². The lowest BCUT2D eigenvalue weighted by Gasteiger charge is -2.21. The van der Waals surface area contributed by atoms with Gasteiger partial charge in [-0.3, -0.25) is 0 Å². The van der Waals surface area contributed by atoms with Crippen LogP contribution in [0.3, 0.4) is 0 Å². The minimum Gasteiger partial charge on any atom is -0.357 e. The first-order chi connectivity index (χ1) is 5.33. The number of hydrogen-bond acceptors (Lipinski definition) is 3. The number of carbonyl (C=O) groups is 1. The summed E-state index contributed by atoms with van der Waals surface area (Å²) in [5.74, 6) is 4.68. The van der Waals surface area contributed by atoms with Gasteiger partial charge in [-0.15, -0.1) is 0 Å². The summed E-state index contributed by atoms with van der Waals surface area (Å²) >= 11 is 0. The fourth-order valence-corrected chi connectivity index (χ4v) is 1.45. The fourth-order valence-electron chi connectivity index (χ4n) is 1.45. The highest BCUT2D eigenvalue weighted by molar-refractivity contribution is 5.67.